The molecule has 0 aromatic rings. The molecule has 3 aliphatic rings. The van der Waals surface area contributed by atoms with E-state index in [-0.39, 0.29) is 19.0 Å². The summed E-state index contributed by atoms with van der Waals surface area (Å²) < 4.78 is 10.3. The van der Waals surface area contributed by atoms with Crippen LogP contribution < -0.4 is 5.32 Å². The molecule has 1 unspecified atom stereocenters. The van der Waals surface area contributed by atoms with Crippen molar-refractivity contribution >= 4 is 23.7 Å². The monoisotopic (exact) mass is 357 g/mol. The minimum Gasteiger partial charge on any atom is -0.394 e. The van der Waals surface area contributed by atoms with Gasteiger partial charge in [-0.1, -0.05) is 0 Å². The Labute approximate surface area is 142 Å². The van der Waals surface area contributed by atoms with Gasteiger partial charge < -0.3 is 29.7 Å². The van der Waals surface area contributed by atoms with Gasteiger partial charge in [0.2, 0.25) is 5.96 Å². The predicted molar refractivity (Wildman–Crippen MR) is 80.7 cm³/mol. The predicted octanol–water partition coefficient (Wildman–Crippen LogP) is -3.36. The van der Waals surface area contributed by atoms with Crippen LogP contribution in [0.1, 0.15) is 0 Å². The first-order valence-corrected chi connectivity index (χ1v) is 7.60. The van der Waals surface area contributed by atoms with E-state index in [4.69, 9.17) is 14.9 Å². The number of ether oxygens (including phenoxy) is 2. The highest BCUT2D eigenvalue weighted by Crippen LogP contribution is 2.31. The van der Waals surface area contributed by atoms with Crippen molar-refractivity contribution < 1.29 is 34.4 Å². The topological polar surface area (TPSA) is 168 Å². The first-order valence-electron chi connectivity index (χ1n) is 7.60. The van der Waals surface area contributed by atoms with Crippen molar-refractivity contribution in [2.45, 2.75) is 30.6 Å². The van der Waals surface area contributed by atoms with Crippen molar-refractivity contribution in [3.05, 3.63) is 0 Å². The van der Waals surface area contributed by atoms with Gasteiger partial charge in [-0.25, -0.2) is 9.69 Å². The Hall–Kier alpha value is -2.12. The number of urea groups is 1. The van der Waals surface area contributed by atoms with Gasteiger partial charge in [0.15, 0.2) is 18.1 Å². The Balaban J connectivity index is 1.96. The molecule has 0 aromatic carbocycles. The average Bonchev–Trinajstić information content (AvgIpc) is 3.00. The molecule has 25 heavy (non-hydrogen) atoms. The van der Waals surface area contributed by atoms with Crippen molar-refractivity contribution in [2.75, 3.05) is 26.9 Å². The second-order valence-corrected chi connectivity index (χ2v) is 5.78. The summed E-state index contributed by atoms with van der Waals surface area (Å²) in [4.78, 5) is 31.1. The van der Waals surface area contributed by atoms with Crippen molar-refractivity contribution in [2.24, 2.45) is 4.99 Å². The Morgan fingerprint density at radius 2 is 2.08 bits per heavy atom. The molecule has 2 saturated heterocycles. The number of amides is 3. The lowest BCUT2D eigenvalue weighted by Gasteiger charge is -2.26. The summed E-state index contributed by atoms with van der Waals surface area (Å²) in [6, 6.07) is -1.78. The number of nitrogens with zero attached hydrogens (tertiary/aromatic N) is 3. The molecule has 2 fully saturated rings. The average molecular weight is 357 g/mol. The molecule has 0 aliphatic carbocycles. The number of rotatable bonds is 5. The van der Waals surface area contributed by atoms with Crippen LogP contribution in [-0.2, 0) is 14.3 Å². The molecule has 3 heterocycles. The number of nitrogens with one attached hydrogen (secondary N) is 2. The fourth-order valence-corrected chi connectivity index (χ4v) is 3.07. The SMILES string of the molecule is COCCN1C(=O)N([C@@H]2O[C@H](CO)[C@H](O)[C@H]2O)C2=NC(=N)NC(=O)C21. The number of hydrogen-bond donors (Lipinski definition) is 5. The zero-order valence-electron chi connectivity index (χ0n) is 13.3. The van der Waals surface area contributed by atoms with Crippen LogP contribution in [0, 0.1) is 5.41 Å². The lowest BCUT2D eigenvalue weighted by molar-refractivity contribution is -0.122. The maximum atomic E-state index is 12.8. The molecule has 3 rings (SSSR count). The van der Waals surface area contributed by atoms with Crippen LogP contribution in [0.2, 0.25) is 0 Å². The molecule has 0 bridgehead atoms. The summed E-state index contributed by atoms with van der Waals surface area (Å²) >= 11 is 0. The summed E-state index contributed by atoms with van der Waals surface area (Å²) in [7, 11) is 1.44. The highest BCUT2D eigenvalue weighted by molar-refractivity contribution is 6.25. The van der Waals surface area contributed by atoms with Crippen molar-refractivity contribution in [1.29, 1.82) is 5.41 Å². The molecule has 5 atom stereocenters. The Morgan fingerprint density at radius 3 is 2.68 bits per heavy atom. The van der Waals surface area contributed by atoms with E-state index in [0.29, 0.717) is 0 Å². The van der Waals surface area contributed by atoms with Crippen LogP contribution in [0.4, 0.5) is 4.79 Å². The van der Waals surface area contributed by atoms with Gasteiger partial charge in [0.05, 0.1) is 13.2 Å². The van der Waals surface area contributed by atoms with Crippen molar-refractivity contribution in [1.82, 2.24) is 15.1 Å². The highest BCUT2D eigenvalue weighted by Gasteiger charge is 2.56. The zero-order chi connectivity index (χ0) is 18.3. The number of hydrogen-bond acceptors (Lipinski definition) is 8. The largest absolute Gasteiger partial charge is 0.394 e. The van der Waals surface area contributed by atoms with Gasteiger partial charge in [-0.2, -0.15) is 4.99 Å². The molecular formula is C13H19N5O7. The summed E-state index contributed by atoms with van der Waals surface area (Å²) in [5.41, 5.74) is 0. The third-order valence-corrected chi connectivity index (χ3v) is 4.28. The van der Waals surface area contributed by atoms with E-state index < -0.39 is 55.1 Å². The molecular weight excluding hydrogens is 338 g/mol. The number of guanidine groups is 1. The summed E-state index contributed by atoms with van der Waals surface area (Å²) in [5, 5.41) is 39.1. The molecule has 3 amide bonds. The minimum absolute atomic E-state index is 0.0745. The number of fused-ring (bicyclic) bond motifs is 1. The number of carbonyl (C=O) groups excluding carboxylic acids is 2. The maximum absolute atomic E-state index is 12.8. The molecule has 0 aromatic heterocycles. The summed E-state index contributed by atoms with van der Waals surface area (Å²) in [6.45, 7) is -0.328. The van der Waals surface area contributed by atoms with Crippen LogP contribution in [-0.4, -0.2) is 106 Å². The number of methoxy groups -OCH3 is 1. The number of aliphatic hydroxyl groups excluding tert-OH is 3. The van der Waals surface area contributed by atoms with Crippen LogP contribution >= 0.6 is 0 Å². The van der Waals surface area contributed by atoms with E-state index in [1.54, 1.807) is 0 Å². The third kappa shape index (κ3) is 2.77. The number of aliphatic imine (C=N–C) groups is 1. The van der Waals surface area contributed by atoms with E-state index in [1.165, 1.54) is 12.0 Å². The van der Waals surface area contributed by atoms with Crippen molar-refractivity contribution in [3.63, 3.8) is 0 Å². The molecule has 12 nitrogen and oxygen atoms in total. The van der Waals surface area contributed by atoms with Gasteiger partial charge in [0.25, 0.3) is 5.91 Å². The maximum Gasteiger partial charge on any atom is 0.328 e. The van der Waals surface area contributed by atoms with E-state index >= 15 is 0 Å². The molecule has 3 aliphatic heterocycles. The number of carbonyl (C=O) groups is 2. The first-order chi connectivity index (χ1) is 11.9. The quantitative estimate of drug-likeness (QED) is 0.342. The highest BCUT2D eigenvalue weighted by atomic mass is 16.6. The Kier molecular flexibility index (Phi) is 4.71. The molecule has 0 saturated carbocycles. The third-order valence-electron chi connectivity index (χ3n) is 4.28. The molecule has 138 valence electrons. The molecule has 0 spiro atoms. The van der Waals surface area contributed by atoms with Gasteiger partial charge in [0, 0.05) is 13.7 Å². The summed E-state index contributed by atoms with van der Waals surface area (Å²) in [6.07, 6.45) is -5.35. The number of aliphatic hydroxyl groups is 3. The van der Waals surface area contributed by atoms with Crippen LogP contribution in [0.15, 0.2) is 4.99 Å². The van der Waals surface area contributed by atoms with E-state index in [0.717, 1.165) is 4.90 Å². The van der Waals surface area contributed by atoms with Gasteiger partial charge in [-0.15, -0.1) is 0 Å². The van der Waals surface area contributed by atoms with E-state index in [2.05, 4.69) is 10.3 Å². The second-order valence-electron chi connectivity index (χ2n) is 5.78. The fraction of sp³-hybridized carbons (Fsp3) is 0.692. The van der Waals surface area contributed by atoms with Crippen LogP contribution in [0.3, 0.4) is 0 Å². The molecule has 5 N–H and O–H groups in total. The van der Waals surface area contributed by atoms with Gasteiger partial charge in [0.1, 0.15) is 18.3 Å². The first kappa shape index (κ1) is 17.7. The van der Waals surface area contributed by atoms with Crippen LogP contribution in [0.25, 0.3) is 0 Å². The lowest BCUT2D eigenvalue weighted by Crippen LogP contribution is -2.54. The lowest BCUT2D eigenvalue weighted by atomic mass is 10.1. The summed E-state index contributed by atoms with van der Waals surface area (Å²) in [5.74, 6) is -1.15. The standard InChI is InChI=1S/C13H19N5O7/c1-24-3-2-17-6-9(15-12(14)16-10(6)22)18(13(17)23)11-8(21)7(20)5(4-19)25-11/h5-8,11,19-21H,2-4H2,1H3,(H2,14,16,22)/t5-,6?,7+,8-,11-/m1/s1. The normalized spacial score (nSPS) is 35.1. The number of amidine groups is 1. The smallest absolute Gasteiger partial charge is 0.328 e. The van der Waals surface area contributed by atoms with E-state index in [1.807, 2.05) is 0 Å². The van der Waals surface area contributed by atoms with Crippen molar-refractivity contribution in [3.8, 4) is 0 Å². The fourth-order valence-electron chi connectivity index (χ4n) is 3.07. The minimum atomic E-state index is -1.51. The second kappa shape index (κ2) is 6.65. The Bertz CT molecular complexity index is 626. The van der Waals surface area contributed by atoms with Gasteiger partial charge >= 0.3 is 6.03 Å². The molecule has 12 heteroatoms. The van der Waals surface area contributed by atoms with Gasteiger partial charge in [-0.3, -0.25) is 15.5 Å². The van der Waals surface area contributed by atoms with Gasteiger partial charge in [-0.05, 0) is 0 Å². The Morgan fingerprint density at radius 1 is 1.36 bits per heavy atom. The van der Waals surface area contributed by atoms with Crippen LogP contribution in [0.5, 0.6) is 0 Å². The molecule has 0 radical (unpaired) electrons. The van der Waals surface area contributed by atoms with E-state index in [9.17, 15) is 24.9 Å². The zero-order valence-corrected chi connectivity index (χ0v) is 13.3.